The van der Waals surface area contributed by atoms with E-state index in [9.17, 15) is 0 Å². The maximum Gasteiger partial charge on any atom is 0.166 e. The summed E-state index contributed by atoms with van der Waals surface area (Å²) in [4.78, 5) is 8.65. The third kappa shape index (κ3) is 3.28. The van der Waals surface area contributed by atoms with E-state index >= 15 is 0 Å². The zero-order chi connectivity index (χ0) is 13.0. The molecule has 0 aliphatic heterocycles. The number of hydrogen-bond acceptors (Lipinski definition) is 4. The molecule has 94 valence electrons. The molecule has 4 nitrogen and oxygen atoms in total. The molecule has 0 saturated carbocycles. The molecule has 0 saturated heterocycles. The summed E-state index contributed by atoms with van der Waals surface area (Å²) in [6, 6.07) is 9.79. The summed E-state index contributed by atoms with van der Waals surface area (Å²) < 4.78 is 5.64. The maximum atomic E-state index is 5.64. The molecule has 0 unspecified atom stereocenters. The summed E-state index contributed by atoms with van der Waals surface area (Å²) in [5, 5.41) is 0. The van der Waals surface area contributed by atoms with Crippen LogP contribution in [0.25, 0.3) is 0 Å². The highest BCUT2D eigenvalue weighted by atomic mass is 16.5. The van der Waals surface area contributed by atoms with Gasteiger partial charge in [0.25, 0.3) is 0 Å². The van der Waals surface area contributed by atoms with Crippen molar-refractivity contribution in [3.8, 4) is 5.75 Å². The van der Waals surface area contributed by atoms with Crippen LogP contribution >= 0.6 is 0 Å². The van der Waals surface area contributed by atoms with Crippen molar-refractivity contribution in [3.63, 3.8) is 0 Å². The number of benzene rings is 1. The molecule has 1 aromatic heterocycles. The van der Waals surface area contributed by atoms with E-state index in [-0.39, 0.29) is 0 Å². The number of rotatable bonds is 4. The van der Waals surface area contributed by atoms with Crippen LogP contribution in [-0.4, -0.2) is 9.97 Å². The Morgan fingerprint density at radius 3 is 2.50 bits per heavy atom. The maximum absolute atomic E-state index is 5.64. The van der Waals surface area contributed by atoms with Crippen LogP contribution in [0.15, 0.2) is 30.3 Å². The smallest absolute Gasteiger partial charge is 0.166 e. The van der Waals surface area contributed by atoms with Crippen molar-refractivity contribution in [1.82, 2.24) is 9.97 Å². The lowest BCUT2D eigenvalue weighted by molar-refractivity contribution is 0.295. The molecule has 0 fully saturated rings. The van der Waals surface area contributed by atoms with Crippen molar-refractivity contribution in [3.05, 3.63) is 53.1 Å². The molecule has 0 amide bonds. The van der Waals surface area contributed by atoms with Crippen LogP contribution in [0, 0.1) is 13.8 Å². The van der Waals surface area contributed by atoms with Crippen molar-refractivity contribution in [1.29, 1.82) is 0 Å². The standard InChI is InChI=1S/C14H17N3O/c1-10-3-5-13(6-4-10)18-9-14-16-11(2)7-12(8-15)17-14/h3-7H,8-9,15H2,1-2H3. The van der Waals surface area contributed by atoms with Gasteiger partial charge in [-0.2, -0.15) is 0 Å². The lowest BCUT2D eigenvalue weighted by Gasteiger charge is -2.07. The monoisotopic (exact) mass is 243 g/mol. The first-order valence-corrected chi connectivity index (χ1v) is 5.90. The fraction of sp³-hybridized carbons (Fsp3) is 0.286. The summed E-state index contributed by atoms with van der Waals surface area (Å²) in [7, 11) is 0. The lowest BCUT2D eigenvalue weighted by Crippen LogP contribution is -2.08. The van der Waals surface area contributed by atoms with E-state index in [1.165, 1.54) is 5.56 Å². The zero-order valence-electron chi connectivity index (χ0n) is 10.7. The van der Waals surface area contributed by atoms with E-state index in [1.807, 2.05) is 44.2 Å². The number of ether oxygens (including phenoxy) is 1. The Balaban J connectivity index is 2.05. The fourth-order valence-electron chi connectivity index (χ4n) is 1.65. The predicted octanol–water partition coefficient (Wildman–Crippen LogP) is 2.13. The van der Waals surface area contributed by atoms with Crippen LogP contribution in [0.3, 0.4) is 0 Å². The molecule has 4 heteroatoms. The summed E-state index contributed by atoms with van der Waals surface area (Å²) in [6.45, 7) is 4.75. The molecule has 0 spiro atoms. The lowest BCUT2D eigenvalue weighted by atomic mass is 10.2. The van der Waals surface area contributed by atoms with Gasteiger partial charge >= 0.3 is 0 Å². The second kappa shape index (κ2) is 5.60. The Labute approximate surface area is 107 Å². The van der Waals surface area contributed by atoms with E-state index in [0.29, 0.717) is 19.0 Å². The second-order valence-corrected chi connectivity index (χ2v) is 4.22. The van der Waals surface area contributed by atoms with Crippen LogP contribution < -0.4 is 10.5 Å². The molecular weight excluding hydrogens is 226 g/mol. The fourth-order valence-corrected chi connectivity index (χ4v) is 1.65. The van der Waals surface area contributed by atoms with Crippen molar-refractivity contribution in [2.24, 2.45) is 5.73 Å². The van der Waals surface area contributed by atoms with Crippen LogP contribution in [0.1, 0.15) is 22.8 Å². The van der Waals surface area contributed by atoms with Crippen LogP contribution in [-0.2, 0) is 13.2 Å². The molecule has 1 heterocycles. The average Bonchev–Trinajstić information content (AvgIpc) is 2.37. The van der Waals surface area contributed by atoms with E-state index in [1.54, 1.807) is 0 Å². The first kappa shape index (κ1) is 12.5. The quantitative estimate of drug-likeness (QED) is 0.893. The van der Waals surface area contributed by atoms with Crippen LogP contribution in [0.2, 0.25) is 0 Å². The minimum Gasteiger partial charge on any atom is -0.486 e. The van der Waals surface area contributed by atoms with Gasteiger partial charge in [0, 0.05) is 12.2 Å². The molecule has 0 atom stereocenters. The minimum absolute atomic E-state index is 0.359. The van der Waals surface area contributed by atoms with Gasteiger partial charge in [-0.25, -0.2) is 9.97 Å². The Kier molecular flexibility index (Phi) is 3.89. The van der Waals surface area contributed by atoms with E-state index < -0.39 is 0 Å². The normalized spacial score (nSPS) is 10.4. The molecule has 18 heavy (non-hydrogen) atoms. The van der Waals surface area contributed by atoms with Gasteiger partial charge in [-0.15, -0.1) is 0 Å². The molecular formula is C14H17N3O. The highest BCUT2D eigenvalue weighted by Crippen LogP contribution is 2.13. The summed E-state index contributed by atoms with van der Waals surface area (Å²) in [5.41, 5.74) is 8.54. The summed E-state index contributed by atoms with van der Waals surface area (Å²) in [5.74, 6) is 1.48. The van der Waals surface area contributed by atoms with Crippen LogP contribution in [0.4, 0.5) is 0 Å². The highest BCUT2D eigenvalue weighted by molar-refractivity contribution is 5.26. The van der Waals surface area contributed by atoms with E-state index in [0.717, 1.165) is 17.1 Å². The van der Waals surface area contributed by atoms with Crippen molar-refractivity contribution in [2.45, 2.75) is 27.0 Å². The Hall–Kier alpha value is -1.94. The number of nitrogens with two attached hydrogens (primary N) is 1. The number of nitrogens with zero attached hydrogens (tertiary/aromatic N) is 2. The molecule has 0 aliphatic rings. The summed E-state index contributed by atoms with van der Waals surface area (Å²) in [6.07, 6.45) is 0. The zero-order valence-corrected chi connectivity index (χ0v) is 10.7. The summed E-state index contributed by atoms with van der Waals surface area (Å²) >= 11 is 0. The Morgan fingerprint density at radius 1 is 1.11 bits per heavy atom. The first-order chi connectivity index (χ1) is 8.67. The number of aryl methyl sites for hydroxylation is 2. The molecule has 0 radical (unpaired) electrons. The predicted molar refractivity (Wildman–Crippen MR) is 70.2 cm³/mol. The topological polar surface area (TPSA) is 61.0 Å². The second-order valence-electron chi connectivity index (χ2n) is 4.22. The molecule has 2 rings (SSSR count). The van der Waals surface area contributed by atoms with Gasteiger partial charge < -0.3 is 10.5 Å². The molecule has 0 aliphatic carbocycles. The third-order valence-corrected chi connectivity index (χ3v) is 2.55. The van der Waals surface area contributed by atoms with Crippen LogP contribution in [0.5, 0.6) is 5.75 Å². The Morgan fingerprint density at radius 2 is 1.83 bits per heavy atom. The SMILES string of the molecule is Cc1ccc(OCc2nc(C)cc(CN)n2)cc1. The van der Waals surface area contributed by atoms with Gasteiger partial charge in [-0.1, -0.05) is 17.7 Å². The van der Waals surface area contributed by atoms with Gasteiger partial charge in [0.2, 0.25) is 0 Å². The average molecular weight is 243 g/mol. The van der Waals surface area contributed by atoms with Gasteiger partial charge in [-0.05, 0) is 32.0 Å². The molecule has 2 aromatic rings. The van der Waals surface area contributed by atoms with Crippen molar-refractivity contribution < 1.29 is 4.74 Å². The van der Waals surface area contributed by atoms with Gasteiger partial charge in [0.1, 0.15) is 12.4 Å². The Bertz CT molecular complexity index is 523. The molecule has 1 aromatic carbocycles. The van der Waals surface area contributed by atoms with Gasteiger partial charge in [-0.3, -0.25) is 0 Å². The minimum atomic E-state index is 0.359. The van der Waals surface area contributed by atoms with E-state index in [4.69, 9.17) is 10.5 Å². The van der Waals surface area contributed by atoms with Crippen molar-refractivity contribution in [2.75, 3.05) is 0 Å². The molecule has 0 bridgehead atoms. The highest BCUT2D eigenvalue weighted by Gasteiger charge is 2.02. The van der Waals surface area contributed by atoms with Gasteiger partial charge in [0.15, 0.2) is 5.82 Å². The van der Waals surface area contributed by atoms with Crippen molar-refractivity contribution >= 4 is 0 Å². The largest absolute Gasteiger partial charge is 0.486 e. The molecule has 2 N–H and O–H groups in total. The number of aromatic nitrogens is 2. The first-order valence-electron chi connectivity index (χ1n) is 5.90. The number of hydrogen-bond donors (Lipinski definition) is 1. The third-order valence-electron chi connectivity index (χ3n) is 2.55. The van der Waals surface area contributed by atoms with E-state index in [2.05, 4.69) is 9.97 Å². The van der Waals surface area contributed by atoms with Gasteiger partial charge in [0.05, 0.1) is 5.69 Å².